The van der Waals surface area contributed by atoms with Crippen molar-refractivity contribution in [1.82, 2.24) is 25.0 Å². The average Bonchev–Trinajstić information content (AvgIpc) is 3.16. The molecule has 1 aliphatic heterocycles. The van der Waals surface area contributed by atoms with Gasteiger partial charge in [0.05, 0.1) is 19.3 Å². The van der Waals surface area contributed by atoms with Gasteiger partial charge in [0.1, 0.15) is 11.6 Å². The summed E-state index contributed by atoms with van der Waals surface area (Å²) in [5, 5.41) is 11.5. The Labute approximate surface area is 164 Å². The van der Waals surface area contributed by atoms with Crippen molar-refractivity contribution in [3.63, 3.8) is 0 Å². The Morgan fingerprint density at radius 3 is 2.71 bits per heavy atom. The van der Waals surface area contributed by atoms with E-state index in [-0.39, 0.29) is 6.03 Å². The number of aromatic nitrogens is 3. The number of carbonyl (C=O) groups excluding carboxylic acids is 1. The monoisotopic (exact) mass is 377 g/mol. The topological polar surface area (TPSA) is 72.3 Å². The maximum atomic E-state index is 12.5. The van der Waals surface area contributed by atoms with Crippen LogP contribution in [0.15, 0.2) is 48.5 Å². The van der Waals surface area contributed by atoms with Crippen LogP contribution >= 0.6 is 0 Å². The Kier molecular flexibility index (Phi) is 4.97. The van der Waals surface area contributed by atoms with Crippen molar-refractivity contribution in [3.05, 3.63) is 71.3 Å². The molecule has 0 atom stereocenters. The number of nitrogens with zero attached hydrogens (tertiary/aromatic N) is 4. The first-order chi connectivity index (χ1) is 13.7. The summed E-state index contributed by atoms with van der Waals surface area (Å²) in [5.41, 5.74) is 3.41. The molecule has 28 heavy (non-hydrogen) atoms. The molecule has 2 heterocycles. The number of rotatable bonds is 5. The third-order valence-electron chi connectivity index (χ3n) is 4.97. The number of fused-ring (bicyclic) bond motifs is 3. The molecule has 4 rings (SSSR count). The largest absolute Gasteiger partial charge is 0.497 e. The molecule has 0 fully saturated rings. The normalized spacial score (nSPS) is 12.1. The molecule has 7 nitrogen and oxygen atoms in total. The first kappa shape index (κ1) is 18.0. The fourth-order valence-corrected chi connectivity index (χ4v) is 3.46. The second-order valence-corrected chi connectivity index (χ2v) is 6.86. The molecule has 7 heteroatoms. The summed E-state index contributed by atoms with van der Waals surface area (Å²) in [6, 6.07) is 15.8. The van der Waals surface area contributed by atoms with Crippen molar-refractivity contribution >= 4 is 6.03 Å². The lowest BCUT2D eigenvalue weighted by Gasteiger charge is -2.20. The number of methoxy groups -OCH3 is 1. The highest BCUT2D eigenvalue weighted by Crippen LogP contribution is 2.24. The van der Waals surface area contributed by atoms with Gasteiger partial charge in [-0.2, -0.15) is 0 Å². The van der Waals surface area contributed by atoms with Gasteiger partial charge in [-0.3, -0.25) is 4.57 Å². The minimum atomic E-state index is -0.155. The van der Waals surface area contributed by atoms with E-state index in [1.807, 2.05) is 36.4 Å². The number of carbonyl (C=O) groups is 1. The van der Waals surface area contributed by atoms with Crippen LogP contribution in [0, 0.1) is 0 Å². The number of ether oxygens (including phenoxy) is 1. The van der Waals surface area contributed by atoms with Crippen LogP contribution in [-0.2, 0) is 25.9 Å². The Bertz CT molecular complexity index is 981. The van der Waals surface area contributed by atoms with E-state index in [4.69, 9.17) is 4.74 Å². The van der Waals surface area contributed by atoms with Gasteiger partial charge in [0.15, 0.2) is 5.82 Å². The molecule has 1 aliphatic rings. The van der Waals surface area contributed by atoms with Gasteiger partial charge in [0.2, 0.25) is 0 Å². The number of urea groups is 1. The summed E-state index contributed by atoms with van der Waals surface area (Å²) in [7, 11) is 3.41. The highest BCUT2D eigenvalue weighted by atomic mass is 16.5. The van der Waals surface area contributed by atoms with Gasteiger partial charge in [0, 0.05) is 20.0 Å². The molecule has 1 N–H and O–H groups in total. The lowest BCUT2D eigenvalue weighted by atomic mass is 10.0. The molecule has 0 spiro atoms. The lowest BCUT2D eigenvalue weighted by molar-refractivity contribution is 0.206. The van der Waals surface area contributed by atoms with Crippen molar-refractivity contribution in [2.24, 2.45) is 0 Å². The smallest absolute Gasteiger partial charge is 0.317 e. The summed E-state index contributed by atoms with van der Waals surface area (Å²) in [4.78, 5) is 14.2. The number of nitrogens with one attached hydrogen (secondary N) is 1. The second kappa shape index (κ2) is 7.72. The van der Waals surface area contributed by atoms with E-state index in [0.717, 1.165) is 41.5 Å². The standard InChI is InChI=1S/C21H23N5O2/c1-25(14-15-7-10-17(28-2)11-8-15)21(27)22-13-20-24-23-19-12-9-16-5-3-4-6-18(16)26(19)20/h3-8,10-11H,9,12-14H2,1-2H3,(H,22,27). The lowest BCUT2D eigenvalue weighted by Crippen LogP contribution is -2.37. The van der Waals surface area contributed by atoms with Gasteiger partial charge in [-0.1, -0.05) is 30.3 Å². The van der Waals surface area contributed by atoms with E-state index in [0.29, 0.717) is 13.1 Å². The molecule has 0 saturated heterocycles. The highest BCUT2D eigenvalue weighted by molar-refractivity contribution is 5.73. The Morgan fingerprint density at radius 2 is 1.93 bits per heavy atom. The fourth-order valence-electron chi connectivity index (χ4n) is 3.46. The fraction of sp³-hybridized carbons (Fsp3) is 0.286. The molecule has 0 bridgehead atoms. The molecular formula is C21H23N5O2. The maximum Gasteiger partial charge on any atom is 0.317 e. The quantitative estimate of drug-likeness (QED) is 0.742. The van der Waals surface area contributed by atoms with Crippen LogP contribution in [0.2, 0.25) is 0 Å². The zero-order valence-electron chi connectivity index (χ0n) is 16.1. The molecule has 1 aromatic heterocycles. The molecule has 3 aromatic rings. The van der Waals surface area contributed by atoms with Crippen molar-refractivity contribution in [2.75, 3.05) is 14.2 Å². The van der Waals surface area contributed by atoms with Crippen LogP contribution in [0.3, 0.4) is 0 Å². The second-order valence-electron chi connectivity index (χ2n) is 6.86. The minimum Gasteiger partial charge on any atom is -0.497 e. The van der Waals surface area contributed by atoms with E-state index in [2.05, 4.69) is 32.2 Å². The van der Waals surface area contributed by atoms with E-state index < -0.39 is 0 Å². The SMILES string of the molecule is COc1ccc(CN(C)C(=O)NCc2nnc3n2-c2ccccc2CC3)cc1. The van der Waals surface area contributed by atoms with Crippen LogP contribution < -0.4 is 10.1 Å². The highest BCUT2D eigenvalue weighted by Gasteiger charge is 2.21. The van der Waals surface area contributed by atoms with Crippen molar-refractivity contribution in [1.29, 1.82) is 0 Å². The van der Waals surface area contributed by atoms with Crippen molar-refractivity contribution in [2.45, 2.75) is 25.9 Å². The van der Waals surface area contributed by atoms with Gasteiger partial charge in [0.25, 0.3) is 0 Å². The third-order valence-corrected chi connectivity index (χ3v) is 4.97. The van der Waals surface area contributed by atoms with Gasteiger partial charge >= 0.3 is 6.03 Å². The number of aryl methyl sites for hydroxylation is 2. The van der Waals surface area contributed by atoms with Gasteiger partial charge in [-0.25, -0.2) is 4.79 Å². The number of hydrogen-bond donors (Lipinski definition) is 1. The molecule has 0 saturated carbocycles. The third kappa shape index (κ3) is 3.55. The van der Waals surface area contributed by atoms with Crippen molar-refractivity contribution in [3.8, 4) is 11.4 Å². The summed E-state index contributed by atoms with van der Waals surface area (Å²) >= 11 is 0. The van der Waals surface area contributed by atoms with Crippen molar-refractivity contribution < 1.29 is 9.53 Å². The molecule has 2 amide bonds. The Hall–Kier alpha value is -3.35. The van der Waals surface area contributed by atoms with Crippen LogP contribution in [-0.4, -0.2) is 39.9 Å². The van der Waals surface area contributed by atoms with Crippen LogP contribution in [0.25, 0.3) is 5.69 Å². The predicted molar refractivity (Wildman–Crippen MR) is 105 cm³/mol. The summed E-state index contributed by atoms with van der Waals surface area (Å²) in [5.74, 6) is 2.48. The molecule has 0 unspecified atom stereocenters. The van der Waals surface area contributed by atoms with E-state index in [9.17, 15) is 4.79 Å². The molecule has 144 valence electrons. The zero-order valence-corrected chi connectivity index (χ0v) is 16.1. The first-order valence-electron chi connectivity index (χ1n) is 9.29. The van der Waals surface area contributed by atoms with Crippen LogP contribution in [0.5, 0.6) is 5.75 Å². The van der Waals surface area contributed by atoms with Crippen LogP contribution in [0.1, 0.15) is 22.8 Å². The predicted octanol–water partition coefficient (Wildman–Crippen LogP) is 2.72. The molecule has 0 radical (unpaired) electrons. The summed E-state index contributed by atoms with van der Waals surface area (Å²) < 4.78 is 7.22. The minimum absolute atomic E-state index is 0.155. The van der Waals surface area contributed by atoms with E-state index in [1.165, 1.54) is 5.56 Å². The van der Waals surface area contributed by atoms with Gasteiger partial charge in [-0.15, -0.1) is 10.2 Å². The molecule has 2 aromatic carbocycles. The summed E-state index contributed by atoms with van der Waals surface area (Å²) in [6.45, 7) is 0.837. The van der Waals surface area contributed by atoms with Gasteiger partial charge in [-0.05, 0) is 35.7 Å². The number of hydrogen-bond acceptors (Lipinski definition) is 4. The Balaban J connectivity index is 1.41. The summed E-state index contributed by atoms with van der Waals surface area (Å²) in [6.07, 6.45) is 1.82. The van der Waals surface area contributed by atoms with E-state index in [1.54, 1.807) is 19.1 Å². The maximum absolute atomic E-state index is 12.5. The molecule has 0 aliphatic carbocycles. The number of amides is 2. The van der Waals surface area contributed by atoms with E-state index >= 15 is 0 Å². The Morgan fingerprint density at radius 1 is 1.14 bits per heavy atom. The average molecular weight is 377 g/mol. The zero-order chi connectivity index (χ0) is 19.5. The number of para-hydroxylation sites is 1. The number of benzene rings is 2. The first-order valence-corrected chi connectivity index (χ1v) is 9.29. The molecular weight excluding hydrogens is 354 g/mol. The van der Waals surface area contributed by atoms with Crippen LogP contribution in [0.4, 0.5) is 4.79 Å². The van der Waals surface area contributed by atoms with Gasteiger partial charge < -0.3 is 15.0 Å².